The zero-order valence-corrected chi connectivity index (χ0v) is 14.5. The van der Waals surface area contributed by atoms with E-state index in [-0.39, 0.29) is 22.8 Å². The summed E-state index contributed by atoms with van der Waals surface area (Å²) in [6.45, 7) is -0.344. The molecule has 0 aromatic heterocycles. The molecule has 0 amide bonds. The normalized spacial score (nSPS) is 10.9. The average Bonchev–Trinajstić information content (AvgIpc) is 2.59. The maximum absolute atomic E-state index is 13.7. The minimum atomic E-state index is -0.835. The van der Waals surface area contributed by atoms with Crippen molar-refractivity contribution in [3.8, 4) is 6.07 Å². The van der Waals surface area contributed by atoms with Crippen LogP contribution in [0.1, 0.15) is 11.1 Å². The Labute approximate surface area is 150 Å². The second-order valence-electron chi connectivity index (χ2n) is 5.43. The van der Waals surface area contributed by atoms with Crippen LogP contribution in [0.5, 0.6) is 0 Å². The fourth-order valence-corrected chi connectivity index (χ4v) is 2.28. The molecule has 6 heteroatoms. The molecular weight excluding hydrogens is 343 g/mol. The van der Waals surface area contributed by atoms with E-state index in [1.54, 1.807) is 18.2 Å². The number of esters is 1. The van der Waals surface area contributed by atoms with Gasteiger partial charge in [-0.2, -0.15) is 5.26 Å². The lowest BCUT2D eigenvalue weighted by molar-refractivity contribution is -0.139. The predicted octanol–water partition coefficient (Wildman–Crippen LogP) is 4.20. The Morgan fingerprint density at radius 1 is 1.28 bits per heavy atom. The van der Waals surface area contributed by atoms with Gasteiger partial charge in [0.1, 0.15) is 24.1 Å². The van der Waals surface area contributed by atoms with E-state index in [0.717, 1.165) is 5.69 Å². The second-order valence-corrected chi connectivity index (χ2v) is 5.84. The van der Waals surface area contributed by atoms with Gasteiger partial charge in [0.05, 0.1) is 5.02 Å². The first-order valence-electron chi connectivity index (χ1n) is 7.41. The molecule has 0 aliphatic rings. The summed E-state index contributed by atoms with van der Waals surface area (Å²) >= 11 is 5.88. The number of carbonyl (C=O) groups is 1. The maximum atomic E-state index is 13.7. The maximum Gasteiger partial charge on any atom is 0.349 e. The lowest BCUT2D eigenvalue weighted by atomic mass is 10.1. The third-order valence-corrected chi connectivity index (χ3v) is 3.82. The zero-order chi connectivity index (χ0) is 18.4. The van der Waals surface area contributed by atoms with Gasteiger partial charge in [-0.3, -0.25) is 0 Å². The molecule has 0 aliphatic carbocycles. The summed E-state index contributed by atoms with van der Waals surface area (Å²) in [5.41, 5.74) is 1.57. The van der Waals surface area contributed by atoms with Crippen molar-refractivity contribution in [1.82, 2.24) is 0 Å². The van der Waals surface area contributed by atoms with Gasteiger partial charge in [0.2, 0.25) is 0 Å². The monoisotopic (exact) mass is 358 g/mol. The summed E-state index contributed by atoms with van der Waals surface area (Å²) in [7, 11) is 3.83. The van der Waals surface area contributed by atoms with Crippen molar-refractivity contribution in [1.29, 1.82) is 5.26 Å². The quantitative estimate of drug-likeness (QED) is 0.456. The van der Waals surface area contributed by atoms with E-state index >= 15 is 0 Å². The molecule has 0 bridgehead atoms. The Morgan fingerprint density at radius 2 is 1.96 bits per heavy atom. The minimum absolute atomic E-state index is 0.0742. The van der Waals surface area contributed by atoms with E-state index in [1.807, 2.05) is 31.1 Å². The van der Waals surface area contributed by atoms with Gasteiger partial charge in [-0.1, -0.05) is 29.8 Å². The molecule has 0 aliphatic heterocycles. The molecule has 2 rings (SSSR count). The summed E-state index contributed by atoms with van der Waals surface area (Å²) in [5.74, 6) is -1.40. The third-order valence-electron chi connectivity index (χ3n) is 3.47. The Bertz CT molecular complexity index is 819. The molecule has 0 N–H and O–H groups in total. The van der Waals surface area contributed by atoms with Crippen LogP contribution in [-0.4, -0.2) is 20.1 Å². The summed E-state index contributed by atoms with van der Waals surface area (Å²) in [4.78, 5) is 14.0. The van der Waals surface area contributed by atoms with Crippen LogP contribution in [0.2, 0.25) is 5.02 Å². The number of nitriles is 1. The van der Waals surface area contributed by atoms with E-state index in [1.165, 1.54) is 24.3 Å². The second kappa shape index (κ2) is 8.32. The number of hydrogen-bond donors (Lipinski definition) is 0. The topological polar surface area (TPSA) is 53.3 Å². The first-order chi connectivity index (χ1) is 11.9. The third kappa shape index (κ3) is 4.82. The number of halogens is 2. The van der Waals surface area contributed by atoms with Crippen LogP contribution < -0.4 is 4.90 Å². The molecule has 2 aromatic carbocycles. The van der Waals surface area contributed by atoms with Crippen molar-refractivity contribution in [2.75, 3.05) is 19.0 Å². The lowest BCUT2D eigenvalue weighted by Crippen LogP contribution is -2.09. The molecule has 0 spiro atoms. The van der Waals surface area contributed by atoms with Gasteiger partial charge >= 0.3 is 5.97 Å². The zero-order valence-electron chi connectivity index (χ0n) is 13.8. The highest BCUT2D eigenvalue weighted by molar-refractivity contribution is 6.31. The van der Waals surface area contributed by atoms with Crippen LogP contribution in [0.4, 0.5) is 10.1 Å². The molecule has 0 atom stereocenters. The van der Waals surface area contributed by atoms with Gasteiger partial charge in [-0.15, -0.1) is 0 Å². The van der Waals surface area contributed by atoms with Gasteiger partial charge in [0.25, 0.3) is 0 Å². The molecule has 0 heterocycles. The summed E-state index contributed by atoms with van der Waals surface area (Å²) < 4.78 is 18.7. The Balaban J connectivity index is 2.12. The summed E-state index contributed by atoms with van der Waals surface area (Å²) in [6.07, 6.45) is 1.42. The number of rotatable bonds is 5. The van der Waals surface area contributed by atoms with Crippen LogP contribution >= 0.6 is 11.6 Å². The molecule has 25 heavy (non-hydrogen) atoms. The lowest BCUT2D eigenvalue weighted by Gasteiger charge is -2.12. The molecule has 0 radical (unpaired) electrons. The molecule has 0 saturated carbocycles. The van der Waals surface area contributed by atoms with E-state index < -0.39 is 11.8 Å². The number of carbonyl (C=O) groups excluding carboxylic acids is 1. The van der Waals surface area contributed by atoms with Gasteiger partial charge in [-0.25, -0.2) is 9.18 Å². The molecule has 0 fully saturated rings. The smallest absolute Gasteiger partial charge is 0.349 e. The summed E-state index contributed by atoms with van der Waals surface area (Å²) in [6, 6.07) is 13.3. The molecular formula is C19H16ClFN2O2. The SMILES string of the molecule is CN(C)c1ccc(/C=C(\C#N)C(=O)OCc2c(F)cccc2Cl)cc1. The summed E-state index contributed by atoms with van der Waals surface area (Å²) in [5, 5.41) is 9.34. The first kappa shape index (κ1) is 18.5. The Kier molecular flexibility index (Phi) is 6.15. The Hall–Kier alpha value is -2.84. The van der Waals surface area contributed by atoms with E-state index in [9.17, 15) is 14.4 Å². The van der Waals surface area contributed by atoms with Crippen LogP contribution in [0.25, 0.3) is 6.08 Å². The van der Waals surface area contributed by atoms with Gasteiger partial charge in [0, 0.05) is 25.3 Å². The highest BCUT2D eigenvalue weighted by atomic mass is 35.5. The van der Waals surface area contributed by atoms with Crippen molar-refractivity contribution < 1.29 is 13.9 Å². The van der Waals surface area contributed by atoms with Crippen LogP contribution in [0.3, 0.4) is 0 Å². The predicted molar refractivity (Wildman–Crippen MR) is 95.6 cm³/mol. The number of benzene rings is 2. The van der Waals surface area contributed by atoms with Crippen LogP contribution in [0, 0.1) is 17.1 Å². The van der Waals surface area contributed by atoms with Crippen molar-refractivity contribution in [2.45, 2.75) is 6.61 Å². The number of anilines is 1. The highest BCUT2D eigenvalue weighted by Crippen LogP contribution is 2.20. The fourth-order valence-electron chi connectivity index (χ4n) is 2.06. The van der Waals surface area contributed by atoms with Crippen molar-refractivity contribution in [3.05, 3.63) is 70.0 Å². The molecule has 0 unspecified atom stereocenters. The standard InChI is InChI=1S/C19H16ClFN2O2/c1-23(2)15-8-6-13(7-9-15)10-14(11-22)19(24)25-12-16-17(20)4-3-5-18(16)21/h3-10H,12H2,1-2H3/b14-10+. The van der Waals surface area contributed by atoms with Gasteiger partial charge in [-0.05, 0) is 35.9 Å². The minimum Gasteiger partial charge on any atom is -0.457 e. The van der Waals surface area contributed by atoms with E-state index in [2.05, 4.69) is 0 Å². The van der Waals surface area contributed by atoms with Crippen molar-refractivity contribution in [3.63, 3.8) is 0 Å². The van der Waals surface area contributed by atoms with Gasteiger partial charge < -0.3 is 9.64 Å². The van der Waals surface area contributed by atoms with Crippen LogP contribution in [-0.2, 0) is 16.1 Å². The van der Waals surface area contributed by atoms with Crippen molar-refractivity contribution >= 4 is 29.3 Å². The number of ether oxygens (including phenoxy) is 1. The fraction of sp³-hybridized carbons (Fsp3) is 0.158. The van der Waals surface area contributed by atoms with Crippen LogP contribution in [0.15, 0.2) is 48.0 Å². The first-order valence-corrected chi connectivity index (χ1v) is 7.79. The van der Waals surface area contributed by atoms with E-state index in [0.29, 0.717) is 5.56 Å². The highest BCUT2D eigenvalue weighted by Gasteiger charge is 2.14. The number of hydrogen-bond acceptors (Lipinski definition) is 4. The largest absolute Gasteiger partial charge is 0.457 e. The Morgan fingerprint density at radius 3 is 2.52 bits per heavy atom. The van der Waals surface area contributed by atoms with Crippen molar-refractivity contribution in [2.24, 2.45) is 0 Å². The number of nitrogens with zero attached hydrogens (tertiary/aromatic N) is 2. The molecule has 2 aromatic rings. The molecule has 4 nitrogen and oxygen atoms in total. The van der Waals surface area contributed by atoms with Gasteiger partial charge in [0.15, 0.2) is 0 Å². The van der Waals surface area contributed by atoms with E-state index in [4.69, 9.17) is 16.3 Å². The molecule has 128 valence electrons. The molecule has 0 saturated heterocycles. The average molecular weight is 359 g/mol.